The van der Waals surface area contributed by atoms with Gasteiger partial charge in [0, 0.05) is 13.0 Å². The van der Waals surface area contributed by atoms with Gasteiger partial charge in [0.15, 0.2) is 5.60 Å². The summed E-state index contributed by atoms with van der Waals surface area (Å²) < 4.78 is 4.99. The number of rotatable bonds is 3. The summed E-state index contributed by atoms with van der Waals surface area (Å²) in [5, 5.41) is 18.1. The maximum absolute atomic E-state index is 10.6. The van der Waals surface area contributed by atoms with E-state index in [1.165, 1.54) is 6.92 Å². The van der Waals surface area contributed by atoms with Crippen molar-refractivity contribution in [2.75, 3.05) is 7.11 Å². The highest BCUT2D eigenvalue weighted by Crippen LogP contribution is 2.37. The molecule has 0 aromatic heterocycles. The molecule has 4 heteroatoms. The Morgan fingerprint density at radius 3 is 2.42 bits per heavy atom. The van der Waals surface area contributed by atoms with Crippen LogP contribution < -0.4 is 0 Å². The summed E-state index contributed by atoms with van der Waals surface area (Å²) >= 11 is 0. The lowest BCUT2D eigenvalue weighted by atomic mass is 9.72. The molecule has 1 saturated carbocycles. The summed E-state index contributed by atoms with van der Waals surface area (Å²) in [4.78, 5) is 10.6. The number of hydrogen-bond donors (Lipinski definition) is 2. The molecule has 0 aromatic rings. The molecular weight excluding hydrogens is 160 g/mol. The van der Waals surface area contributed by atoms with Crippen LogP contribution in [0.4, 0.5) is 0 Å². The number of carboxylic acid groups (broad SMARTS) is 1. The molecule has 70 valence electrons. The van der Waals surface area contributed by atoms with Gasteiger partial charge in [-0.2, -0.15) is 0 Å². The van der Waals surface area contributed by atoms with E-state index in [9.17, 15) is 9.90 Å². The molecule has 0 amide bonds. The first-order chi connectivity index (χ1) is 5.48. The molecule has 0 aromatic carbocycles. The molecule has 0 radical (unpaired) electrons. The van der Waals surface area contributed by atoms with E-state index in [0.29, 0.717) is 12.8 Å². The van der Waals surface area contributed by atoms with Crippen LogP contribution in [-0.2, 0) is 9.53 Å². The summed E-state index contributed by atoms with van der Waals surface area (Å²) in [6.45, 7) is 1.34. The maximum Gasteiger partial charge on any atom is 0.335 e. The molecule has 1 unspecified atom stereocenters. The highest BCUT2D eigenvalue weighted by molar-refractivity contribution is 5.77. The fourth-order valence-corrected chi connectivity index (χ4v) is 1.39. The lowest BCUT2D eigenvalue weighted by molar-refractivity contribution is -0.172. The fraction of sp³-hybridized carbons (Fsp3) is 0.875. The second kappa shape index (κ2) is 3.03. The zero-order valence-corrected chi connectivity index (χ0v) is 7.28. The van der Waals surface area contributed by atoms with Gasteiger partial charge in [-0.3, -0.25) is 0 Å². The topological polar surface area (TPSA) is 66.8 Å². The second-order valence-corrected chi connectivity index (χ2v) is 3.48. The van der Waals surface area contributed by atoms with Gasteiger partial charge in [0.25, 0.3) is 0 Å². The van der Waals surface area contributed by atoms with E-state index >= 15 is 0 Å². The molecule has 0 spiro atoms. The van der Waals surface area contributed by atoms with Crippen LogP contribution in [0.25, 0.3) is 0 Å². The Kier molecular flexibility index (Phi) is 2.39. The Labute approximate surface area is 71.2 Å². The molecule has 4 nitrogen and oxygen atoms in total. The summed E-state index contributed by atoms with van der Waals surface area (Å²) in [7, 11) is 1.59. The number of methoxy groups -OCH3 is 1. The van der Waals surface area contributed by atoms with Crippen LogP contribution in [0.3, 0.4) is 0 Å². The van der Waals surface area contributed by atoms with Crippen molar-refractivity contribution in [2.24, 2.45) is 5.92 Å². The average molecular weight is 174 g/mol. The second-order valence-electron chi connectivity index (χ2n) is 3.48. The lowest BCUT2D eigenvalue weighted by Crippen LogP contribution is -2.50. The van der Waals surface area contributed by atoms with Crippen molar-refractivity contribution in [1.82, 2.24) is 0 Å². The van der Waals surface area contributed by atoms with Crippen molar-refractivity contribution in [1.29, 1.82) is 0 Å². The third kappa shape index (κ3) is 1.44. The lowest BCUT2D eigenvalue weighted by Gasteiger charge is -2.40. The van der Waals surface area contributed by atoms with E-state index in [-0.39, 0.29) is 12.0 Å². The van der Waals surface area contributed by atoms with Gasteiger partial charge in [0.1, 0.15) is 0 Å². The summed E-state index contributed by atoms with van der Waals surface area (Å²) in [5.74, 6) is -1.32. The molecule has 2 N–H and O–H groups in total. The van der Waals surface area contributed by atoms with Gasteiger partial charge in [-0.25, -0.2) is 4.79 Å². The number of aliphatic hydroxyl groups is 1. The number of carboxylic acids is 1. The molecule has 1 atom stereocenters. The monoisotopic (exact) mass is 174 g/mol. The van der Waals surface area contributed by atoms with Crippen LogP contribution in [-0.4, -0.2) is 35.0 Å². The summed E-state index contributed by atoms with van der Waals surface area (Å²) in [6.07, 6.45) is 1.40. The molecule has 1 rings (SSSR count). The SMILES string of the molecule is COC1CC(C(C)(O)C(=O)O)C1. The Morgan fingerprint density at radius 2 is 2.08 bits per heavy atom. The molecule has 0 heterocycles. The van der Waals surface area contributed by atoms with E-state index in [4.69, 9.17) is 9.84 Å². The van der Waals surface area contributed by atoms with Crippen LogP contribution in [0.1, 0.15) is 19.8 Å². The van der Waals surface area contributed by atoms with E-state index in [1.807, 2.05) is 0 Å². The number of ether oxygens (including phenoxy) is 1. The first-order valence-corrected chi connectivity index (χ1v) is 3.97. The standard InChI is InChI=1S/C8H14O4/c1-8(11,7(9)10)5-3-6(4-5)12-2/h5-6,11H,3-4H2,1-2H3,(H,9,10). The number of aliphatic carboxylic acids is 1. The zero-order valence-electron chi connectivity index (χ0n) is 7.28. The minimum atomic E-state index is -1.59. The first-order valence-electron chi connectivity index (χ1n) is 3.97. The van der Waals surface area contributed by atoms with Crippen molar-refractivity contribution >= 4 is 5.97 Å². The summed E-state index contributed by atoms with van der Waals surface area (Å²) in [6, 6.07) is 0. The molecular formula is C8H14O4. The van der Waals surface area contributed by atoms with E-state index in [2.05, 4.69) is 0 Å². The van der Waals surface area contributed by atoms with Crippen LogP contribution >= 0.6 is 0 Å². The molecule has 1 fully saturated rings. The third-order valence-corrected chi connectivity index (χ3v) is 2.66. The predicted molar refractivity (Wildman–Crippen MR) is 41.8 cm³/mol. The number of hydrogen-bond acceptors (Lipinski definition) is 3. The summed E-state index contributed by atoms with van der Waals surface area (Å²) in [5.41, 5.74) is -1.59. The van der Waals surface area contributed by atoms with Gasteiger partial charge in [0.05, 0.1) is 6.10 Å². The average Bonchev–Trinajstić information content (AvgIpc) is 1.84. The third-order valence-electron chi connectivity index (χ3n) is 2.66. The molecule has 12 heavy (non-hydrogen) atoms. The first kappa shape index (κ1) is 9.48. The molecule has 0 aliphatic heterocycles. The Bertz CT molecular complexity index is 181. The van der Waals surface area contributed by atoms with Crippen molar-refractivity contribution in [3.05, 3.63) is 0 Å². The largest absolute Gasteiger partial charge is 0.479 e. The van der Waals surface area contributed by atoms with Crippen molar-refractivity contribution < 1.29 is 19.7 Å². The number of carbonyl (C=O) groups is 1. The maximum atomic E-state index is 10.6. The van der Waals surface area contributed by atoms with Gasteiger partial charge >= 0.3 is 5.97 Å². The Balaban J connectivity index is 2.46. The minimum Gasteiger partial charge on any atom is -0.479 e. The van der Waals surface area contributed by atoms with E-state index in [0.717, 1.165) is 0 Å². The highest BCUT2D eigenvalue weighted by atomic mass is 16.5. The fourth-order valence-electron chi connectivity index (χ4n) is 1.39. The van der Waals surface area contributed by atoms with Gasteiger partial charge in [-0.15, -0.1) is 0 Å². The molecule has 0 saturated heterocycles. The Hall–Kier alpha value is -0.610. The van der Waals surface area contributed by atoms with Gasteiger partial charge in [0.2, 0.25) is 0 Å². The van der Waals surface area contributed by atoms with Gasteiger partial charge < -0.3 is 14.9 Å². The van der Waals surface area contributed by atoms with Crippen LogP contribution in [0, 0.1) is 5.92 Å². The van der Waals surface area contributed by atoms with Crippen molar-refractivity contribution in [3.8, 4) is 0 Å². The highest BCUT2D eigenvalue weighted by Gasteiger charge is 2.46. The smallest absolute Gasteiger partial charge is 0.335 e. The van der Waals surface area contributed by atoms with Crippen LogP contribution in [0.2, 0.25) is 0 Å². The quantitative estimate of drug-likeness (QED) is 0.643. The molecule has 1 aliphatic rings. The van der Waals surface area contributed by atoms with Crippen molar-refractivity contribution in [3.63, 3.8) is 0 Å². The van der Waals surface area contributed by atoms with E-state index in [1.54, 1.807) is 7.11 Å². The van der Waals surface area contributed by atoms with Crippen molar-refractivity contribution in [2.45, 2.75) is 31.5 Å². The predicted octanol–water partition coefficient (Wildman–Crippen LogP) is 0.247. The van der Waals surface area contributed by atoms with Gasteiger partial charge in [-0.1, -0.05) is 0 Å². The van der Waals surface area contributed by atoms with E-state index < -0.39 is 11.6 Å². The normalized spacial score (nSPS) is 33.6. The van der Waals surface area contributed by atoms with Crippen LogP contribution in [0.5, 0.6) is 0 Å². The zero-order chi connectivity index (χ0) is 9.35. The molecule has 0 bridgehead atoms. The molecule has 1 aliphatic carbocycles. The van der Waals surface area contributed by atoms with Crippen LogP contribution in [0.15, 0.2) is 0 Å². The van der Waals surface area contributed by atoms with Gasteiger partial charge in [-0.05, 0) is 19.8 Å². The Morgan fingerprint density at radius 1 is 1.58 bits per heavy atom. The minimum absolute atomic E-state index is 0.126.